The van der Waals surface area contributed by atoms with Crippen LogP contribution >= 0.6 is 34.9 Å². The Kier molecular flexibility index (Phi) is 3.71. The van der Waals surface area contributed by atoms with Crippen LogP contribution < -0.4 is 11.1 Å². The average molecular weight is 336 g/mol. The first-order valence-corrected chi connectivity index (χ1v) is 8.03. The number of carbonyl (C=O) groups excluding carboxylic acids is 1. The monoisotopic (exact) mass is 336 g/mol. The number of amides is 1. The molecule has 1 amide bonds. The number of nitrogens with one attached hydrogen (secondary N) is 1. The molecule has 7 heteroatoms. The van der Waals surface area contributed by atoms with Crippen molar-refractivity contribution in [3.05, 3.63) is 52.0 Å². The molecule has 0 spiro atoms. The highest BCUT2D eigenvalue weighted by atomic mass is 32.1. The summed E-state index contributed by atoms with van der Waals surface area (Å²) in [6, 6.07) is 8.11. The summed E-state index contributed by atoms with van der Waals surface area (Å²) in [6.07, 6.45) is 0. The van der Waals surface area contributed by atoms with Crippen molar-refractivity contribution in [1.29, 1.82) is 0 Å². The SMILES string of the molecule is NC(=S)c1c(F)cccc1NC(=O)c1cc2sccc2s1. The molecule has 0 aliphatic heterocycles. The summed E-state index contributed by atoms with van der Waals surface area (Å²) >= 11 is 7.80. The van der Waals surface area contributed by atoms with Gasteiger partial charge in [-0.05, 0) is 29.6 Å². The molecule has 0 aliphatic rings. The Labute approximate surface area is 133 Å². The molecule has 0 unspecified atom stereocenters. The summed E-state index contributed by atoms with van der Waals surface area (Å²) in [5.74, 6) is -0.848. The first kappa shape index (κ1) is 14.1. The van der Waals surface area contributed by atoms with Gasteiger partial charge in [-0.15, -0.1) is 22.7 Å². The van der Waals surface area contributed by atoms with E-state index in [0.717, 1.165) is 9.40 Å². The molecule has 3 nitrogen and oxygen atoms in total. The van der Waals surface area contributed by atoms with Crippen LogP contribution in [0.2, 0.25) is 0 Å². The highest BCUT2D eigenvalue weighted by Crippen LogP contribution is 2.30. The number of fused-ring (bicyclic) bond motifs is 1. The minimum atomic E-state index is -0.549. The fraction of sp³-hybridized carbons (Fsp3) is 0. The van der Waals surface area contributed by atoms with E-state index in [-0.39, 0.29) is 22.1 Å². The fourth-order valence-corrected chi connectivity index (χ4v) is 4.15. The van der Waals surface area contributed by atoms with Crippen LogP contribution in [0.5, 0.6) is 0 Å². The van der Waals surface area contributed by atoms with E-state index in [9.17, 15) is 9.18 Å². The van der Waals surface area contributed by atoms with E-state index < -0.39 is 5.82 Å². The zero-order valence-corrected chi connectivity index (χ0v) is 13.0. The third-order valence-corrected chi connectivity index (χ3v) is 5.17. The number of halogens is 1. The largest absolute Gasteiger partial charge is 0.389 e. The molecule has 3 N–H and O–H groups in total. The Morgan fingerprint density at radius 2 is 2.10 bits per heavy atom. The van der Waals surface area contributed by atoms with E-state index in [1.54, 1.807) is 17.4 Å². The minimum Gasteiger partial charge on any atom is -0.389 e. The lowest BCUT2D eigenvalue weighted by atomic mass is 10.1. The maximum absolute atomic E-state index is 13.8. The maximum atomic E-state index is 13.8. The second kappa shape index (κ2) is 5.51. The van der Waals surface area contributed by atoms with Gasteiger partial charge in [0.15, 0.2) is 0 Å². The lowest BCUT2D eigenvalue weighted by molar-refractivity contribution is 0.103. The Morgan fingerprint density at radius 1 is 1.29 bits per heavy atom. The summed E-state index contributed by atoms with van der Waals surface area (Å²) in [5, 5.41) is 4.64. The van der Waals surface area contributed by atoms with Crippen LogP contribution in [0, 0.1) is 5.82 Å². The summed E-state index contributed by atoms with van der Waals surface area (Å²) in [7, 11) is 0. The third kappa shape index (κ3) is 2.67. The summed E-state index contributed by atoms with van der Waals surface area (Å²) in [4.78, 5) is 12.7. The number of benzene rings is 1. The lowest BCUT2D eigenvalue weighted by Gasteiger charge is -2.10. The zero-order valence-electron chi connectivity index (χ0n) is 10.6. The number of hydrogen-bond donors (Lipinski definition) is 2. The van der Waals surface area contributed by atoms with Crippen molar-refractivity contribution < 1.29 is 9.18 Å². The van der Waals surface area contributed by atoms with Gasteiger partial charge in [-0.3, -0.25) is 4.79 Å². The van der Waals surface area contributed by atoms with Crippen LogP contribution in [0.4, 0.5) is 10.1 Å². The van der Waals surface area contributed by atoms with E-state index in [0.29, 0.717) is 4.88 Å². The summed E-state index contributed by atoms with van der Waals surface area (Å²) in [5.41, 5.74) is 5.86. The highest BCUT2D eigenvalue weighted by molar-refractivity contribution is 7.80. The fourth-order valence-electron chi connectivity index (χ4n) is 1.94. The van der Waals surface area contributed by atoms with E-state index >= 15 is 0 Å². The smallest absolute Gasteiger partial charge is 0.265 e. The van der Waals surface area contributed by atoms with Crippen molar-refractivity contribution in [1.82, 2.24) is 0 Å². The Morgan fingerprint density at radius 3 is 2.81 bits per heavy atom. The third-order valence-electron chi connectivity index (χ3n) is 2.87. The second-order valence-corrected chi connectivity index (χ2v) is 6.71. The first-order valence-electron chi connectivity index (χ1n) is 5.93. The van der Waals surface area contributed by atoms with Gasteiger partial charge >= 0.3 is 0 Å². The summed E-state index contributed by atoms with van der Waals surface area (Å²) < 4.78 is 15.9. The molecular formula is C14H9FN2OS3. The van der Waals surface area contributed by atoms with Gasteiger partial charge in [0.1, 0.15) is 10.8 Å². The van der Waals surface area contributed by atoms with Gasteiger partial charge in [-0.25, -0.2) is 4.39 Å². The van der Waals surface area contributed by atoms with E-state index in [2.05, 4.69) is 5.32 Å². The standard InChI is InChI=1S/C14H9FN2OS3/c15-7-2-1-3-8(12(7)13(16)19)17-14(18)11-6-10-9(21-11)4-5-20-10/h1-6H,(H2,16,19)(H,17,18). The predicted molar refractivity (Wildman–Crippen MR) is 89.9 cm³/mol. The molecule has 0 saturated heterocycles. The van der Waals surface area contributed by atoms with Crippen LogP contribution in [-0.2, 0) is 0 Å². The Bertz CT molecular complexity index is 824. The van der Waals surface area contributed by atoms with Crippen molar-refractivity contribution >= 4 is 60.9 Å². The molecular weight excluding hydrogens is 327 g/mol. The van der Waals surface area contributed by atoms with Gasteiger partial charge in [0.2, 0.25) is 0 Å². The number of nitrogens with two attached hydrogens (primary N) is 1. The highest BCUT2D eigenvalue weighted by Gasteiger charge is 2.16. The average Bonchev–Trinajstić information content (AvgIpc) is 2.98. The molecule has 0 radical (unpaired) electrons. The molecule has 3 aromatic rings. The molecule has 3 rings (SSSR count). The molecule has 1 aromatic carbocycles. The molecule has 0 aliphatic carbocycles. The number of thiocarbonyl (C=S) groups is 1. The van der Waals surface area contributed by atoms with Crippen LogP contribution in [0.15, 0.2) is 35.7 Å². The van der Waals surface area contributed by atoms with Gasteiger partial charge in [0.05, 0.1) is 16.1 Å². The normalized spacial score (nSPS) is 10.7. The molecule has 0 bridgehead atoms. The number of anilines is 1. The number of carbonyl (C=O) groups is 1. The first-order chi connectivity index (χ1) is 10.1. The molecule has 0 fully saturated rings. The molecule has 0 saturated carbocycles. The van der Waals surface area contributed by atoms with Gasteiger partial charge in [0.25, 0.3) is 5.91 Å². The van der Waals surface area contributed by atoms with Gasteiger partial charge in [0, 0.05) is 9.40 Å². The van der Waals surface area contributed by atoms with Gasteiger partial charge < -0.3 is 11.1 Å². The maximum Gasteiger partial charge on any atom is 0.265 e. The molecule has 2 aromatic heterocycles. The van der Waals surface area contributed by atoms with Crippen LogP contribution in [0.25, 0.3) is 9.40 Å². The van der Waals surface area contributed by atoms with Crippen molar-refractivity contribution in [2.24, 2.45) is 5.73 Å². The van der Waals surface area contributed by atoms with Crippen LogP contribution in [-0.4, -0.2) is 10.9 Å². The van der Waals surface area contributed by atoms with Crippen molar-refractivity contribution in [3.63, 3.8) is 0 Å². The molecule has 0 atom stereocenters. The van der Waals surface area contributed by atoms with Gasteiger partial charge in [-0.2, -0.15) is 0 Å². The van der Waals surface area contributed by atoms with Gasteiger partial charge in [-0.1, -0.05) is 18.3 Å². The second-order valence-electron chi connectivity index (χ2n) is 4.24. The molecule has 21 heavy (non-hydrogen) atoms. The Hall–Kier alpha value is -1.83. The summed E-state index contributed by atoms with van der Waals surface area (Å²) in [6.45, 7) is 0. The number of hydrogen-bond acceptors (Lipinski definition) is 4. The topological polar surface area (TPSA) is 55.1 Å². The minimum absolute atomic E-state index is 0.0548. The van der Waals surface area contributed by atoms with Crippen molar-refractivity contribution in [3.8, 4) is 0 Å². The van der Waals surface area contributed by atoms with Crippen molar-refractivity contribution in [2.75, 3.05) is 5.32 Å². The Balaban J connectivity index is 1.93. The van der Waals surface area contributed by atoms with E-state index in [1.165, 1.54) is 23.5 Å². The van der Waals surface area contributed by atoms with E-state index in [4.69, 9.17) is 18.0 Å². The van der Waals surface area contributed by atoms with Crippen LogP contribution in [0.3, 0.4) is 0 Å². The lowest BCUT2D eigenvalue weighted by Crippen LogP contribution is -2.18. The van der Waals surface area contributed by atoms with Crippen molar-refractivity contribution in [2.45, 2.75) is 0 Å². The van der Waals surface area contributed by atoms with Crippen LogP contribution in [0.1, 0.15) is 15.2 Å². The van der Waals surface area contributed by atoms with E-state index in [1.807, 2.05) is 17.5 Å². The zero-order chi connectivity index (χ0) is 15.0. The quantitative estimate of drug-likeness (QED) is 0.711. The molecule has 106 valence electrons. The molecule has 2 heterocycles. The number of rotatable bonds is 3. The number of thiophene rings is 2. The predicted octanol–water partition coefficient (Wildman–Crippen LogP) is 3.99.